The minimum absolute atomic E-state index is 0.0309. The Balaban J connectivity index is 2.42. The fourth-order valence-corrected chi connectivity index (χ4v) is 2.86. The molecule has 8 nitrogen and oxygen atoms in total. The minimum atomic E-state index is -0.843. The van der Waals surface area contributed by atoms with Crippen molar-refractivity contribution in [2.75, 3.05) is 13.7 Å². The van der Waals surface area contributed by atoms with Crippen molar-refractivity contribution in [3.05, 3.63) is 65.7 Å². The summed E-state index contributed by atoms with van der Waals surface area (Å²) in [6.45, 7) is 10.9. The number of nitrogens with zero attached hydrogens (tertiary/aromatic N) is 2. The maximum atomic E-state index is 12.6. The molecule has 0 aliphatic rings. The average molecular weight is 494 g/mol. The lowest BCUT2D eigenvalue weighted by Crippen LogP contribution is -2.46. The van der Waals surface area contributed by atoms with Crippen molar-refractivity contribution >= 4 is 18.1 Å². The number of aliphatic imine (C=N–C) groups is 1. The molecule has 0 spiro atoms. The highest BCUT2D eigenvalue weighted by molar-refractivity contribution is 5.99. The second-order valence-corrected chi connectivity index (χ2v) is 9.91. The molecule has 192 valence electrons. The highest BCUT2D eigenvalue weighted by Crippen LogP contribution is 2.14. The molecule has 0 aliphatic heterocycles. The summed E-state index contributed by atoms with van der Waals surface area (Å²) in [7, 11) is 1.59. The monoisotopic (exact) mass is 493 g/mol. The minimum Gasteiger partial charge on any atom is -0.497 e. The SMILES string of the molecule is COc1ccc(CN(CC#Cc2ccccc2)/C(=N\C(=O)OC(C)(C)C)NC(=O)OC(C)(C)C)cc1. The Labute approximate surface area is 213 Å². The van der Waals surface area contributed by atoms with Crippen LogP contribution in [-0.4, -0.2) is 47.9 Å². The van der Waals surface area contributed by atoms with Crippen molar-refractivity contribution in [1.82, 2.24) is 10.2 Å². The molecule has 2 rings (SSSR count). The van der Waals surface area contributed by atoms with E-state index in [2.05, 4.69) is 22.2 Å². The predicted molar refractivity (Wildman–Crippen MR) is 140 cm³/mol. The number of carbonyl (C=O) groups is 2. The molecule has 0 bridgehead atoms. The topological polar surface area (TPSA) is 89.5 Å². The van der Waals surface area contributed by atoms with Gasteiger partial charge in [0.2, 0.25) is 5.96 Å². The van der Waals surface area contributed by atoms with Gasteiger partial charge in [0, 0.05) is 12.1 Å². The van der Waals surface area contributed by atoms with Crippen molar-refractivity contribution in [3.8, 4) is 17.6 Å². The Morgan fingerprint density at radius 3 is 2.08 bits per heavy atom. The smallest absolute Gasteiger partial charge is 0.437 e. The van der Waals surface area contributed by atoms with Crippen LogP contribution >= 0.6 is 0 Å². The van der Waals surface area contributed by atoms with Gasteiger partial charge in [-0.05, 0) is 71.4 Å². The van der Waals surface area contributed by atoms with E-state index in [0.717, 1.165) is 11.1 Å². The van der Waals surface area contributed by atoms with Gasteiger partial charge in [0.1, 0.15) is 17.0 Å². The summed E-state index contributed by atoms with van der Waals surface area (Å²) in [6.07, 6.45) is -1.59. The van der Waals surface area contributed by atoms with Crippen LogP contribution < -0.4 is 10.1 Å². The summed E-state index contributed by atoms with van der Waals surface area (Å²) in [4.78, 5) is 31.0. The Morgan fingerprint density at radius 1 is 0.917 bits per heavy atom. The van der Waals surface area contributed by atoms with Gasteiger partial charge in [-0.3, -0.25) is 5.32 Å². The van der Waals surface area contributed by atoms with E-state index < -0.39 is 23.4 Å². The second-order valence-electron chi connectivity index (χ2n) is 9.91. The van der Waals surface area contributed by atoms with Gasteiger partial charge in [-0.1, -0.05) is 42.2 Å². The van der Waals surface area contributed by atoms with Gasteiger partial charge >= 0.3 is 12.2 Å². The molecule has 0 radical (unpaired) electrons. The quantitative estimate of drug-likeness (QED) is 0.350. The van der Waals surface area contributed by atoms with Gasteiger partial charge in [0.25, 0.3) is 0 Å². The normalized spacial score (nSPS) is 11.6. The van der Waals surface area contributed by atoms with Crippen LogP contribution in [0.3, 0.4) is 0 Å². The van der Waals surface area contributed by atoms with Gasteiger partial charge in [-0.15, -0.1) is 4.99 Å². The largest absolute Gasteiger partial charge is 0.497 e. The molecule has 0 aliphatic carbocycles. The molecule has 0 atom stereocenters. The zero-order valence-corrected chi connectivity index (χ0v) is 22.0. The van der Waals surface area contributed by atoms with Crippen LogP contribution in [0, 0.1) is 11.8 Å². The number of benzene rings is 2. The summed E-state index contributed by atoms with van der Waals surface area (Å²) in [6, 6.07) is 16.9. The van der Waals surface area contributed by atoms with Crippen LogP contribution in [0.4, 0.5) is 9.59 Å². The van der Waals surface area contributed by atoms with E-state index in [-0.39, 0.29) is 12.5 Å². The van der Waals surface area contributed by atoms with E-state index in [1.54, 1.807) is 53.6 Å². The van der Waals surface area contributed by atoms with Gasteiger partial charge in [0.15, 0.2) is 0 Å². The summed E-state index contributed by atoms with van der Waals surface area (Å²) < 4.78 is 16.0. The molecule has 0 saturated heterocycles. The summed E-state index contributed by atoms with van der Waals surface area (Å²) in [5.74, 6) is 6.87. The van der Waals surface area contributed by atoms with Gasteiger partial charge in [-0.2, -0.15) is 0 Å². The van der Waals surface area contributed by atoms with E-state index in [4.69, 9.17) is 14.2 Å². The van der Waals surface area contributed by atoms with E-state index >= 15 is 0 Å². The summed E-state index contributed by atoms with van der Waals surface area (Å²) in [5.41, 5.74) is 0.230. The lowest BCUT2D eigenvalue weighted by molar-refractivity contribution is 0.0554. The fourth-order valence-electron chi connectivity index (χ4n) is 2.86. The number of methoxy groups -OCH3 is 1. The predicted octanol–water partition coefficient (Wildman–Crippen LogP) is 5.36. The highest BCUT2D eigenvalue weighted by Gasteiger charge is 2.23. The molecular formula is C28H35N3O5. The first-order chi connectivity index (χ1) is 16.8. The molecule has 36 heavy (non-hydrogen) atoms. The lowest BCUT2D eigenvalue weighted by Gasteiger charge is -2.26. The van der Waals surface area contributed by atoms with Crippen LogP contribution in [-0.2, 0) is 16.0 Å². The standard InChI is InChI=1S/C28H35N3O5/c1-27(2,3)35-25(32)29-24(30-26(33)36-28(4,5)6)31(19-11-14-21-12-9-8-10-13-21)20-22-15-17-23(34-7)18-16-22/h8-10,12-13,15-18H,19-20H2,1-7H3,(H,29,30,32,33). The Kier molecular flexibility index (Phi) is 9.92. The van der Waals surface area contributed by atoms with Crippen LogP contribution in [0.2, 0.25) is 0 Å². The number of hydrogen-bond acceptors (Lipinski definition) is 5. The molecule has 0 fully saturated rings. The molecule has 2 aromatic rings. The van der Waals surface area contributed by atoms with Crippen molar-refractivity contribution in [1.29, 1.82) is 0 Å². The van der Waals surface area contributed by atoms with Crippen molar-refractivity contribution in [3.63, 3.8) is 0 Å². The Hall–Kier alpha value is -3.99. The fraction of sp³-hybridized carbons (Fsp3) is 0.393. The van der Waals surface area contributed by atoms with E-state index in [0.29, 0.717) is 12.3 Å². The van der Waals surface area contributed by atoms with Crippen LogP contribution in [0.1, 0.15) is 52.7 Å². The number of nitrogens with one attached hydrogen (secondary N) is 1. The van der Waals surface area contributed by atoms with E-state index in [9.17, 15) is 9.59 Å². The van der Waals surface area contributed by atoms with Gasteiger partial charge < -0.3 is 19.1 Å². The molecule has 0 aromatic heterocycles. The molecule has 2 amide bonds. The summed E-state index contributed by atoms with van der Waals surface area (Å²) >= 11 is 0. The third-order valence-corrected chi connectivity index (χ3v) is 4.31. The zero-order chi connectivity index (χ0) is 26.8. The number of rotatable bonds is 4. The first-order valence-corrected chi connectivity index (χ1v) is 11.6. The molecule has 2 aromatic carbocycles. The third-order valence-electron chi connectivity index (χ3n) is 4.31. The molecular weight excluding hydrogens is 458 g/mol. The second kappa shape index (κ2) is 12.6. The number of amides is 2. The van der Waals surface area contributed by atoms with Crippen molar-refractivity contribution < 1.29 is 23.8 Å². The number of ether oxygens (including phenoxy) is 3. The highest BCUT2D eigenvalue weighted by atomic mass is 16.6. The Bertz CT molecular complexity index is 1100. The van der Waals surface area contributed by atoms with Crippen molar-refractivity contribution in [2.24, 2.45) is 4.99 Å². The Morgan fingerprint density at radius 2 is 1.53 bits per heavy atom. The maximum absolute atomic E-state index is 12.6. The zero-order valence-electron chi connectivity index (χ0n) is 22.0. The van der Waals surface area contributed by atoms with Gasteiger partial charge in [-0.25, -0.2) is 9.59 Å². The number of hydrogen-bond donors (Lipinski definition) is 1. The number of alkyl carbamates (subject to hydrolysis) is 1. The molecule has 0 saturated carbocycles. The molecule has 0 heterocycles. The van der Waals surface area contributed by atoms with Crippen LogP contribution in [0.25, 0.3) is 0 Å². The van der Waals surface area contributed by atoms with Crippen LogP contribution in [0.15, 0.2) is 59.6 Å². The third kappa shape index (κ3) is 11.0. The van der Waals surface area contributed by atoms with E-state index in [1.807, 2.05) is 54.6 Å². The first kappa shape index (κ1) is 28.2. The number of carbonyl (C=O) groups excluding carboxylic acids is 2. The molecule has 1 N–H and O–H groups in total. The van der Waals surface area contributed by atoms with Crippen molar-refractivity contribution in [2.45, 2.75) is 59.3 Å². The van der Waals surface area contributed by atoms with Crippen LogP contribution in [0.5, 0.6) is 5.75 Å². The molecule has 0 unspecified atom stereocenters. The van der Waals surface area contributed by atoms with E-state index in [1.165, 1.54) is 0 Å². The molecule has 8 heteroatoms. The lowest BCUT2D eigenvalue weighted by atomic mass is 10.2. The number of guanidine groups is 1. The maximum Gasteiger partial charge on any atom is 0.437 e. The average Bonchev–Trinajstić information content (AvgIpc) is 2.76. The van der Waals surface area contributed by atoms with Gasteiger partial charge in [0.05, 0.1) is 13.7 Å². The first-order valence-electron chi connectivity index (χ1n) is 11.6. The summed E-state index contributed by atoms with van der Waals surface area (Å²) in [5, 5.41) is 2.60.